The van der Waals surface area contributed by atoms with Gasteiger partial charge in [-0.05, 0) is 91.3 Å². The number of halogens is 1. The van der Waals surface area contributed by atoms with Crippen LogP contribution < -0.4 is 5.32 Å². The molecule has 0 radical (unpaired) electrons. The van der Waals surface area contributed by atoms with E-state index in [9.17, 15) is 9.59 Å². The van der Waals surface area contributed by atoms with E-state index in [2.05, 4.69) is 62.5 Å². The summed E-state index contributed by atoms with van der Waals surface area (Å²) >= 11 is 2.49. The standard InChI is InChI=1S/C28H46INO2/c1-18(2)7-6-8-19(3)21-9-10-22-20-11-14-28(17-24(31)30-25(28)32)27(5,15-16-29)23(20)12-13-26(21,22)4/h18-23H,6-17H2,1-5H3,(H,30,31,32)/t19-,20+,21-,22+,23+,26-,27-,28-/m1/s1. The number of fused-ring (bicyclic) bond motifs is 3. The Bertz CT molecular complexity index is 737. The van der Waals surface area contributed by atoms with E-state index in [4.69, 9.17) is 0 Å². The van der Waals surface area contributed by atoms with Crippen molar-refractivity contribution in [2.45, 2.75) is 105 Å². The number of amides is 2. The second-order valence-electron chi connectivity index (χ2n) is 12.9. The number of carbonyl (C=O) groups is 2. The number of rotatable bonds is 7. The van der Waals surface area contributed by atoms with Gasteiger partial charge in [0.1, 0.15) is 0 Å². The van der Waals surface area contributed by atoms with Crippen LogP contribution in [0.1, 0.15) is 105 Å². The Morgan fingerprint density at radius 3 is 2.38 bits per heavy atom. The molecule has 0 aromatic rings. The molecule has 3 saturated carbocycles. The van der Waals surface area contributed by atoms with Crippen LogP contribution in [0.25, 0.3) is 0 Å². The van der Waals surface area contributed by atoms with Crippen LogP contribution in [0.3, 0.4) is 0 Å². The molecule has 4 rings (SSSR count). The number of carbonyl (C=O) groups excluding carboxylic acids is 2. The van der Waals surface area contributed by atoms with Gasteiger partial charge in [0.15, 0.2) is 0 Å². The molecule has 1 N–H and O–H groups in total. The van der Waals surface area contributed by atoms with Gasteiger partial charge >= 0.3 is 0 Å². The average molecular weight is 556 g/mol. The molecule has 8 atom stereocenters. The summed E-state index contributed by atoms with van der Waals surface area (Å²) in [5.41, 5.74) is -0.0239. The summed E-state index contributed by atoms with van der Waals surface area (Å²) in [5.74, 6) is 4.66. The fraction of sp³-hybridized carbons (Fsp3) is 0.929. The van der Waals surface area contributed by atoms with Crippen LogP contribution in [-0.4, -0.2) is 16.2 Å². The Morgan fingerprint density at radius 2 is 1.75 bits per heavy atom. The second kappa shape index (κ2) is 9.15. The highest BCUT2D eigenvalue weighted by molar-refractivity contribution is 14.1. The molecule has 182 valence electrons. The van der Waals surface area contributed by atoms with E-state index in [1.54, 1.807) is 0 Å². The van der Waals surface area contributed by atoms with Crippen molar-refractivity contribution in [2.24, 2.45) is 51.8 Å². The largest absolute Gasteiger partial charge is 0.296 e. The van der Waals surface area contributed by atoms with Gasteiger partial charge in [-0.2, -0.15) is 0 Å². The second-order valence-corrected chi connectivity index (χ2v) is 14.0. The molecule has 4 aliphatic rings. The number of hydrogen-bond acceptors (Lipinski definition) is 2. The fourth-order valence-corrected chi connectivity index (χ4v) is 10.6. The lowest BCUT2D eigenvalue weighted by molar-refractivity contribution is -0.163. The third-order valence-electron chi connectivity index (χ3n) is 11.2. The minimum atomic E-state index is -0.452. The zero-order chi connectivity index (χ0) is 23.3. The molecule has 32 heavy (non-hydrogen) atoms. The molecule has 0 bridgehead atoms. The van der Waals surface area contributed by atoms with Gasteiger partial charge in [-0.15, -0.1) is 0 Å². The van der Waals surface area contributed by atoms with E-state index in [0.29, 0.717) is 17.8 Å². The monoisotopic (exact) mass is 555 g/mol. The maximum absolute atomic E-state index is 13.2. The molecule has 1 heterocycles. The summed E-state index contributed by atoms with van der Waals surface area (Å²) in [6.07, 6.45) is 13.0. The zero-order valence-corrected chi connectivity index (χ0v) is 23.3. The lowest BCUT2D eigenvalue weighted by Crippen LogP contribution is -2.59. The van der Waals surface area contributed by atoms with E-state index in [0.717, 1.165) is 53.3 Å². The zero-order valence-electron chi connectivity index (χ0n) is 21.1. The van der Waals surface area contributed by atoms with E-state index in [1.807, 2.05) is 0 Å². The molecule has 2 amide bonds. The minimum absolute atomic E-state index is 0.0371. The molecule has 3 nitrogen and oxygen atoms in total. The first-order valence-corrected chi connectivity index (χ1v) is 15.0. The van der Waals surface area contributed by atoms with Crippen LogP contribution in [0.4, 0.5) is 0 Å². The molecule has 0 aromatic heterocycles. The van der Waals surface area contributed by atoms with Crippen molar-refractivity contribution >= 4 is 34.4 Å². The predicted molar refractivity (Wildman–Crippen MR) is 139 cm³/mol. The Hall–Kier alpha value is -0.130. The first-order valence-electron chi connectivity index (χ1n) is 13.5. The van der Waals surface area contributed by atoms with Crippen molar-refractivity contribution in [3.8, 4) is 0 Å². The summed E-state index contributed by atoms with van der Waals surface area (Å²) in [7, 11) is 0. The Kier molecular flexibility index (Phi) is 7.14. The minimum Gasteiger partial charge on any atom is -0.296 e. The number of nitrogens with one attached hydrogen (secondary N) is 1. The van der Waals surface area contributed by atoms with Gasteiger partial charge in [-0.1, -0.05) is 76.5 Å². The highest BCUT2D eigenvalue weighted by Gasteiger charge is 2.67. The number of imide groups is 1. The van der Waals surface area contributed by atoms with Crippen molar-refractivity contribution in [3.63, 3.8) is 0 Å². The summed E-state index contributed by atoms with van der Waals surface area (Å²) in [6.45, 7) is 12.3. The SMILES string of the molecule is CC(C)CCC[C@@H](C)[C@H]1CC[C@H]2[C@@H]3CC[C@]4(CC(=O)NC4=O)[C@](C)(CCI)[C@H]3CC[C@]12C. The summed E-state index contributed by atoms with van der Waals surface area (Å²) in [6, 6.07) is 0. The van der Waals surface area contributed by atoms with Gasteiger partial charge in [0, 0.05) is 10.8 Å². The highest BCUT2D eigenvalue weighted by atomic mass is 127. The van der Waals surface area contributed by atoms with Crippen molar-refractivity contribution in [3.05, 3.63) is 0 Å². The van der Waals surface area contributed by atoms with Crippen LogP contribution in [0.2, 0.25) is 0 Å². The van der Waals surface area contributed by atoms with E-state index < -0.39 is 5.41 Å². The van der Waals surface area contributed by atoms with E-state index in [1.165, 1.54) is 44.9 Å². The van der Waals surface area contributed by atoms with Gasteiger partial charge in [0.25, 0.3) is 0 Å². The highest BCUT2D eigenvalue weighted by Crippen LogP contribution is 2.70. The third-order valence-corrected chi connectivity index (χ3v) is 11.8. The molecule has 1 aliphatic heterocycles. The van der Waals surface area contributed by atoms with Crippen LogP contribution >= 0.6 is 22.6 Å². The first kappa shape index (κ1) is 25.0. The first-order chi connectivity index (χ1) is 15.1. The van der Waals surface area contributed by atoms with Crippen LogP contribution in [-0.2, 0) is 9.59 Å². The molecular weight excluding hydrogens is 509 g/mol. The summed E-state index contributed by atoms with van der Waals surface area (Å²) in [4.78, 5) is 25.5. The Labute approximate surface area is 210 Å². The van der Waals surface area contributed by atoms with Crippen LogP contribution in [0, 0.1) is 51.8 Å². The number of hydrogen-bond donors (Lipinski definition) is 1. The number of alkyl halides is 1. The van der Waals surface area contributed by atoms with Crippen LogP contribution in [0.15, 0.2) is 0 Å². The predicted octanol–water partition coefficient (Wildman–Crippen LogP) is 7.17. The van der Waals surface area contributed by atoms with Crippen LogP contribution in [0.5, 0.6) is 0 Å². The molecule has 3 aliphatic carbocycles. The molecule has 1 saturated heterocycles. The van der Waals surface area contributed by atoms with E-state index in [-0.39, 0.29) is 17.2 Å². The normalized spacial score (nSPS) is 44.6. The molecule has 4 heteroatoms. The lowest BCUT2D eigenvalue weighted by Gasteiger charge is -2.62. The smallest absolute Gasteiger partial charge is 0.233 e. The van der Waals surface area contributed by atoms with Crippen molar-refractivity contribution in [1.29, 1.82) is 0 Å². The quantitative estimate of drug-likeness (QED) is 0.206. The topological polar surface area (TPSA) is 46.2 Å². The molecule has 0 aromatic carbocycles. The Balaban J connectivity index is 1.56. The lowest BCUT2D eigenvalue weighted by atomic mass is 9.41. The van der Waals surface area contributed by atoms with Gasteiger partial charge in [-0.25, -0.2) is 0 Å². The van der Waals surface area contributed by atoms with Gasteiger partial charge in [0.2, 0.25) is 11.8 Å². The van der Waals surface area contributed by atoms with Gasteiger partial charge in [0.05, 0.1) is 5.41 Å². The summed E-state index contributed by atoms with van der Waals surface area (Å²) in [5, 5.41) is 2.71. The molecule has 4 fully saturated rings. The van der Waals surface area contributed by atoms with Gasteiger partial charge < -0.3 is 0 Å². The molecular formula is C28H46INO2. The van der Waals surface area contributed by atoms with Crippen molar-refractivity contribution < 1.29 is 9.59 Å². The third kappa shape index (κ3) is 3.81. The maximum Gasteiger partial charge on any atom is 0.233 e. The Morgan fingerprint density at radius 1 is 1.00 bits per heavy atom. The van der Waals surface area contributed by atoms with Crippen molar-refractivity contribution in [2.75, 3.05) is 4.43 Å². The average Bonchev–Trinajstić information content (AvgIpc) is 3.21. The maximum atomic E-state index is 13.2. The van der Waals surface area contributed by atoms with Gasteiger partial charge in [-0.3, -0.25) is 14.9 Å². The van der Waals surface area contributed by atoms with Crippen molar-refractivity contribution in [1.82, 2.24) is 5.32 Å². The molecule has 1 spiro atoms. The fourth-order valence-electron chi connectivity index (χ4n) is 9.49. The molecule has 0 unspecified atom stereocenters. The summed E-state index contributed by atoms with van der Waals surface area (Å²) < 4.78 is 1.07. The van der Waals surface area contributed by atoms with E-state index >= 15 is 0 Å².